The molecule has 1 saturated carbocycles. The third-order valence-electron chi connectivity index (χ3n) is 4.67. The SMILES string of the molecule is Cn1cc(-c2ccc3scc(Nc4ccccc4C4CC4)c3n2)cn1. The van der Waals surface area contributed by atoms with E-state index in [4.69, 9.17) is 4.98 Å². The van der Waals surface area contributed by atoms with E-state index in [9.17, 15) is 0 Å². The number of nitrogens with one attached hydrogen (secondary N) is 1. The molecule has 0 amide bonds. The fraction of sp³-hybridized carbons (Fsp3) is 0.200. The third-order valence-corrected chi connectivity index (χ3v) is 5.60. The minimum atomic E-state index is 0.715. The molecule has 0 aliphatic heterocycles. The van der Waals surface area contributed by atoms with Gasteiger partial charge < -0.3 is 5.32 Å². The van der Waals surface area contributed by atoms with Gasteiger partial charge in [-0.3, -0.25) is 4.68 Å². The predicted molar refractivity (Wildman–Crippen MR) is 104 cm³/mol. The lowest BCUT2D eigenvalue weighted by Crippen LogP contribution is -1.95. The second-order valence-electron chi connectivity index (χ2n) is 6.58. The molecule has 1 aromatic carbocycles. The van der Waals surface area contributed by atoms with Crippen molar-refractivity contribution in [2.75, 3.05) is 5.32 Å². The van der Waals surface area contributed by atoms with E-state index in [2.05, 4.69) is 52.2 Å². The standard InChI is InChI=1S/C20H18N4S/c1-24-11-14(10-21-24)16-8-9-19-20(23-16)18(12-25-19)22-17-5-3-2-4-15(17)13-6-7-13/h2-5,8-13,22H,6-7H2,1H3. The number of aryl methyl sites for hydroxylation is 1. The fourth-order valence-corrected chi connectivity index (χ4v) is 4.05. The topological polar surface area (TPSA) is 42.7 Å². The van der Waals surface area contributed by atoms with Crippen LogP contribution in [-0.2, 0) is 7.05 Å². The highest BCUT2D eigenvalue weighted by atomic mass is 32.1. The van der Waals surface area contributed by atoms with Crippen LogP contribution >= 0.6 is 11.3 Å². The molecule has 0 radical (unpaired) electrons. The molecule has 0 bridgehead atoms. The van der Waals surface area contributed by atoms with Gasteiger partial charge in [0.1, 0.15) is 5.52 Å². The lowest BCUT2D eigenvalue weighted by atomic mass is 10.1. The average molecular weight is 346 g/mol. The van der Waals surface area contributed by atoms with Crippen LogP contribution < -0.4 is 5.32 Å². The number of nitrogens with zero attached hydrogens (tertiary/aromatic N) is 3. The number of anilines is 2. The fourth-order valence-electron chi connectivity index (χ4n) is 3.22. The lowest BCUT2D eigenvalue weighted by molar-refractivity contribution is 0.768. The number of fused-ring (bicyclic) bond motifs is 1. The number of benzene rings is 1. The van der Waals surface area contributed by atoms with E-state index >= 15 is 0 Å². The van der Waals surface area contributed by atoms with E-state index in [-0.39, 0.29) is 0 Å². The molecule has 3 aromatic heterocycles. The van der Waals surface area contributed by atoms with Gasteiger partial charge in [0.2, 0.25) is 0 Å². The second kappa shape index (κ2) is 5.70. The van der Waals surface area contributed by atoms with Crippen LogP contribution in [0.4, 0.5) is 11.4 Å². The Balaban J connectivity index is 1.55. The van der Waals surface area contributed by atoms with Crippen molar-refractivity contribution >= 4 is 32.9 Å². The van der Waals surface area contributed by atoms with Gasteiger partial charge in [-0.25, -0.2) is 4.98 Å². The molecule has 0 atom stereocenters. The van der Waals surface area contributed by atoms with Gasteiger partial charge in [-0.1, -0.05) is 18.2 Å². The van der Waals surface area contributed by atoms with Crippen molar-refractivity contribution in [3.63, 3.8) is 0 Å². The maximum Gasteiger partial charge on any atom is 0.105 e. The smallest absolute Gasteiger partial charge is 0.105 e. The van der Waals surface area contributed by atoms with Crippen molar-refractivity contribution in [3.05, 3.63) is 59.7 Å². The van der Waals surface area contributed by atoms with E-state index in [1.165, 1.54) is 28.8 Å². The van der Waals surface area contributed by atoms with Gasteiger partial charge >= 0.3 is 0 Å². The van der Waals surface area contributed by atoms with Crippen molar-refractivity contribution in [2.24, 2.45) is 7.05 Å². The minimum Gasteiger partial charge on any atom is -0.353 e. The Labute approximate surface area is 150 Å². The summed E-state index contributed by atoms with van der Waals surface area (Å²) in [6.45, 7) is 0. The Hall–Kier alpha value is -2.66. The molecule has 5 heteroatoms. The zero-order valence-electron chi connectivity index (χ0n) is 13.9. The Morgan fingerprint density at radius 2 is 2.00 bits per heavy atom. The molecule has 4 aromatic rings. The van der Waals surface area contributed by atoms with Crippen molar-refractivity contribution in [1.82, 2.24) is 14.8 Å². The van der Waals surface area contributed by atoms with Crippen molar-refractivity contribution < 1.29 is 0 Å². The number of hydrogen-bond donors (Lipinski definition) is 1. The number of thiophene rings is 1. The van der Waals surface area contributed by atoms with Crippen molar-refractivity contribution in [1.29, 1.82) is 0 Å². The van der Waals surface area contributed by atoms with E-state index < -0.39 is 0 Å². The number of para-hydroxylation sites is 1. The summed E-state index contributed by atoms with van der Waals surface area (Å²) in [7, 11) is 1.93. The molecule has 1 aliphatic rings. The van der Waals surface area contributed by atoms with E-state index in [0.717, 1.165) is 22.5 Å². The van der Waals surface area contributed by atoms with Gasteiger partial charge in [0.25, 0.3) is 0 Å². The molecule has 124 valence electrons. The molecule has 25 heavy (non-hydrogen) atoms. The Morgan fingerprint density at radius 3 is 2.80 bits per heavy atom. The summed E-state index contributed by atoms with van der Waals surface area (Å²) in [5.74, 6) is 0.715. The number of pyridine rings is 1. The second-order valence-corrected chi connectivity index (χ2v) is 7.49. The first-order chi connectivity index (χ1) is 12.3. The summed E-state index contributed by atoms with van der Waals surface area (Å²) in [6.07, 6.45) is 6.45. The summed E-state index contributed by atoms with van der Waals surface area (Å²) in [4.78, 5) is 4.90. The molecular weight excluding hydrogens is 328 g/mol. The van der Waals surface area contributed by atoms with Gasteiger partial charge in [-0.05, 0) is 42.5 Å². The molecule has 0 unspecified atom stereocenters. The Bertz CT molecular complexity index is 1060. The van der Waals surface area contributed by atoms with Crippen LogP contribution in [0.1, 0.15) is 24.3 Å². The van der Waals surface area contributed by atoms with Gasteiger partial charge in [-0.2, -0.15) is 5.10 Å². The molecule has 0 saturated heterocycles. The molecule has 1 fully saturated rings. The summed E-state index contributed by atoms with van der Waals surface area (Å²) < 4.78 is 3.00. The third kappa shape index (κ3) is 2.70. The maximum absolute atomic E-state index is 4.90. The van der Waals surface area contributed by atoms with Gasteiger partial charge in [-0.15, -0.1) is 11.3 Å². The molecule has 0 spiro atoms. The summed E-state index contributed by atoms with van der Waals surface area (Å²) in [6, 6.07) is 12.8. The maximum atomic E-state index is 4.90. The normalized spacial score (nSPS) is 14.1. The monoisotopic (exact) mass is 346 g/mol. The first-order valence-corrected chi connectivity index (χ1v) is 9.39. The van der Waals surface area contributed by atoms with Crippen LogP contribution in [0.5, 0.6) is 0 Å². The molecule has 1 aliphatic carbocycles. The highest BCUT2D eigenvalue weighted by Gasteiger charge is 2.26. The van der Waals surface area contributed by atoms with Crippen molar-refractivity contribution in [2.45, 2.75) is 18.8 Å². The van der Waals surface area contributed by atoms with Crippen LogP contribution in [0.25, 0.3) is 21.5 Å². The van der Waals surface area contributed by atoms with E-state index in [1.54, 1.807) is 16.0 Å². The highest BCUT2D eigenvalue weighted by molar-refractivity contribution is 7.17. The van der Waals surface area contributed by atoms with Gasteiger partial charge in [0.15, 0.2) is 0 Å². The van der Waals surface area contributed by atoms with Gasteiger partial charge in [0.05, 0.1) is 22.3 Å². The number of rotatable bonds is 4. The molecule has 3 heterocycles. The van der Waals surface area contributed by atoms with E-state index in [0.29, 0.717) is 5.92 Å². The summed E-state index contributed by atoms with van der Waals surface area (Å²) >= 11 is 1.73. The Kier molecular flexibility index (Phi) is 3.35. The van der Waals surface area contributed by atoms with Crippen LogP contribution in [0.3, 0.4) is 0 Å². The number of hydrogen-bond acceptors (Lipinski definition) is 4. The molecule has 1 N–H and O–H groups in total. The van der Waals surface area contributed by atoms with Crippen LogP contribution in [0, 0.1) is 0 Å². The Morgan fingerprint density at radius 1 is 1.12 bits per heavy atom. The van der Waals surface area contributed by atoms with Crippen molar-refractivity contribution in [3.8, 4) is 11.3 Å². The molecule has 5 rings (SSSR count). The molecule has 4 nitrogen and oxygen atoms in total. The zero-order valence-corrected chi connectivity index (χ0v) is 14.8. The van der Waals surface area contributed by atoms with Crippen LogP contribution in [0.2, 0.25) is 0 Å². The number of aromatic nitrogens is 3. The molecular formula is C20H18N4S. The largest absolute Gasteiger partial charge is 0.353 e. The first kappa shape index (κ1) is 14.7. The predicted octanol–water partition coefficient (Wildman–Crippen LogP) is 5.32. The zero-order chi connectivity index (χ0) is 16.8. The van der Waals surface area contributed by atoms with E-state index in [1.807, 2.05) is 19.4 Å². The first-order valence-electron chi connectivity index (χ1n) is 8.51. The van der Waals surface area contributed by atoms with Crippen LogP contribution in [-0.4, -0.2) is 14.8 Å². The highest BCUT2D eigenvalue weighted by Crippen LogP contribution is 2.44. The lowest BCUT2D eigenvalue weighted by Gasteiger charge is -2.10. The van der Waals surface area contributed by atoms with Crippen LogP contribution in [0.15, 0.2) is 54.2 Å². The quantitative estimate of drug-likeness (QED) is 0.544. The average Bonchev–Trinajstić information content (AvgIpc) is 3.27. The van der Waals surface area contributed by atoms with Gasteiger partial charge in [0, 0.05) is 29.9 Å². The minimum absolute atomic E-state index is 0.715. The summed E-state index contributed by atoms with van der Waals surface area (Å²) in [5, 5.41) is 10.0. The summed E-state index contributed by atoms with van der Waals surface area (Å²) in [5.41, 5.74) is 6.73.